The van der Waals surface area contributed by atoms with E-state index in [1.807, 2.05) is 0 Å². The van der Waals surface area contributed by atoms with Gasteiger partial charge in [0.05, 0.1) is 5.56 Å². The topological polar surface area (TPSA) is 58.2 Å². The van der Waals surface area contributed by atoms with Crippen molar-refractivity contribution in [3.63, 3.8) is 0 Å². The maximum atomic E-state index is 12.6. The first-order valence-electron chi connectivity index (χ1n) is 8.11. The van der Waals surface area contributed by atoms with Gasteiger partial charge in [-0.25, -0.2) is 0 Å². The second-order valence-corrected chi connectivity index (χ2v) is 6.06. The quantitative estimate of drug-likeness (QED) is 0.644. The fourth-order valence-electron chi connectivity index (χ4n) is 2.83. The molecule has 1 aromatic carbocycles. The summed E-state index contributed by atoms with van der Waals surface area (Å²) in [6.45, 7) is 0. The number of carbonyl (C=O) groups excluding carboxylic acids is 2. The lowest BCUT2D eigenvalue weighted by Crippen LogP contribution is -2.36. The molecule has 4 nitrogen and oxygen atoms in total. The maximum Gasteiger partial charge on any atom is 0.416 e. The summed E-state index contributed by atoms with van der Waals surface area (Å²) in [4.78, 5) is 23.7. The largest absolute Gasteiger partial charge is 0.416 e. The highest BCUT2D eigenvalue weighted by atomic mass is 19.4. The van der Waals surface area contributed by atoms with E-state index in [9.17, 15) is 22.8 Å². The van der Waals surface area contributed by atoms with E-state index in [2.05, 4.69) is 10.6 Å². The van der Waals surface area contributed by atoms with Crippen LogP contribution in [-0.4, -0.2) is 17.9 Å². The second-order valence-electron chi connectivity index (χ2n) is 6.06. The third kappa shape index (κ3) is 5.86. The average molecular weight is 342 g/mol. The van der Waals surface area contributed by atoms with E-state index in [4.69, 9.17) is 0 Å². The number of hydrogen-bond acceptors (Lipinski definition) is 2. The summed E-state index contributed by atoms with van der Waals surface area (Å²) in [5, 5.41) is 5.17. The smallest absolute Gasteiger partial charge is 0.353 e. The van der Waals surface area contributed by atoms with E-state index >= 15 is 0 Å². The van der Waals surface area contributed by atoms with Crippen molar-refractivity contribution in [1.82, 2.24) is 5.32 Å². The van der Waals surface area contributed by atoms with Gasteiger partial charge in [0.15, 0.2) is 0 Å². The van der Waals surface area contributed by atoms with Crippen LogP contribution in [0.2, 0.25) is 0 Å². The molecule has 2 N–H and O–H groups in total. The Labute approximate surface area is 138 Å². The molecular weight excluding hydrogens is 321 g/mol. The van der Waals surface area contributed by atoms with Crippen molar-refractivity contribution in [2.24, 2.45) is 0 Å². The number of hydrogen-bond donors (Lipinski definition) is 2. The predicted octanol–water partition coefficient (Wildman–Crippen LogP) is 3.87. The molecule has 2 rings (SSSR count). The molecule has 2 amide bonds. The monoisotopic (exact) mass is 342 g/mol. The first-order valence-corrected chi connectivity index (χ1v) is 8.11. The van der Waals surface area contributed by atoms with Gasteiger partial charge in [0.1, 0.15) is 6.42 Å². The molecule has 0 saturated heterocycles. The van der Waals surface area contributed by atoms with Crippen LogP contribution in [0.3, 0.4) is 0 Å². The zero-order chi connectivity index (χ0) is 17.6. The molecule has 1 aliphatic carbocycles. The zero-order valence-corrected chi connectivity index (χ0v) is 13.3. The van der Waals surface area contributed by atoms with Crippen LogP contribution in [0.25, 0.3) is 0 Å². The molecule has 0 bridgehead atoms. The van der Waals surface area contributed by atoms with Gasteiger partial charge in [0.25, 0.3) is 0 Å². The Balaban J connectivity index is 1.85. The minimum atomic E-state index is -4.47. The average Bonchev–Trinajstić information content (AvgIpc) is 2.75. The molecule has 1 saturated carbocycles. The van der Waals surface area contributed by atoms with Crippen LogP contribution in [0, 0.1) is 0 Å². The standard InChI is InChI=1S/C17H21F3N2O2/c18-17(19,20)12-6-5-9-14(10-12)22-16(24)11-15(23)21-13-7-3-1-2-4-8-13/h5-6,9-10,13H,1-4,7-8,11H2,(H,21,23)(H,22,24). The number of amides is 2. The highest BCUT2D eigenvalue weighted by molar-refractivity contribution is 6.03. The first kappa shape index (κ1) is 18.3. The minimum Gasteiger partial charge on any atom is -0.353 e. The summed E-state index contributed by atoms with van der Waals surface area (Å²) < 4.78 is 37.9. The number of benzene rings is 1. The van der Waals surface area contributed by atoms with Gasteiger partial charge in [0, 0.05) is 11.7 Å². The molecule has 0 aromatic heterocycles. The third-order valence-corrected chi connectivity index (χ3v) is 4.02. The van der Waals surface area contributed by atoms with Crippen molar-refractivity contribution >= 4 is 17.5 Å². The fourth-order valence-corrected chi connectivity index (χ4v) is 2.83. The molecular formula is C17H21F3N2O2. The van der Waals surface area contributed by atoms with Crippen LogP contribution < -0.4 is 10.6 Å². The molecule has 1 aromatic rings. The zero-order valence-electron chi connectivity index (χ0n) is 13.3. The van der Waals surface area contributed by atoms with Gasteiger partial charge in [-0.15, -0.1) is 0 Å². The lowest BCUT2D eigenvalue weighted by atomic mass is 10.1. The summed E-state index contributed by atoms with van der Waals surface area (Å²) in [5.74, 6) is -1.02. The van der Waals surface area contributed by atoms with E-state index < -0.39 is 30.0 Å². The Morgan fingerprint density at radius 1 is 1.04 bits per heavy atom. The van der Waals surface area contributed by atoms with Gasteiger partial charge in [0.2, 0.25) is 11.8 Å². The Kier molecular flexibility index (Phi) is 6.23. The number of halogens is 3. The highest BCUT2D eigenvalue weighted by Crippen LogP contribution is 2.30. The van der Waals surface area contributed by atoms with Crippen LogP contribution >= 0.6 is 0 Å². The van der Waals surface area contributed by atoms with Crippen LogP contribution in [0.5, 0.6) is 0 Å². The lowest BCUT2D eigenvalue weighted by Gasteiger charge is -2.16. The minimum absolute atomic E-state index is 0.0251. The van der Waals surface area contributed by atoms with Crippen LogP contribution in [0.1, 0.15) is 50.5 Å². The number of rotatable bonds is 4. The van der Waals surface area contributed by atoms with E-state index in [-0.39, 0.29) is 11.7 Å². The molecule has 1 aliphatic rings. The van der Waals surface area contributed by atoms with Crippen molar-refractivity contribution < 1.29 is 22.8 Å². The maximum absolute atomic E-state index is 12.6. The van der Waals surface area contributed by atoms with Gasteiger partial charge in [-0.05, 0) is 31.0 Å². The molecule has 7 heteroatoms. The van der Waals surface area contributed by atoms with E-state index in [0.29, 0.717) is 0 Å². The summed E-state index contributed by atoms with van der Waals surface area (Å²) in [7, 11) is 0. The predicted molar refractivity (Wildman–Crippen MR) is 84.3 cm³/mol. The van der Waals surface area contributed by atoms with Gasteiger partial charge in [-0.1, -0.05) is 31.7 Å². The molecule has 132 valence electrons. The first-order chi connectivity index (χ1) is 11.3. The van der Waals surface area contributed by atoms with E-state index in [1.165, 1.54) is 12.1 Å². The van der Waals surface area contributed by atoms with E-state index in [1.54, 1.807) is 0 Å². The number of nitrogens with one attached hydrogen (secondary N) is 2. The molecule has 24 heavy (non-hydrogen) atoms. The van der Waals surface area contributed by atoms with Crippen molar-refractivity contribution in [2.75, 3.05) is 5.32 Å². The number of anilines is 1. The molecule has 0 aliphatic heterocycles. The Bertz CT molecular complexity index is 579. The fraction of sp³-hybridized carbons (Fsp3) is 0.529. The van der Waals surface area contributed by atoms with Crippen molar-refractivity contribution in [3.05, 3.63) is 29.8 Å². The van der Waals surface area contributed by atoms with Crippen LogP contribution in [0.4, 0.5) is 18.9 Å². The molecule has 0 radical (unpaired) electrons. The Morgan fingerprint density at radius 2 is 1.71 bits per heavy atom. The summed E-state index contributed by atoms with van der Waals surface area (Å²) >= 11 is 0. The SMILES string of the molecule is O=C(CC(=O)NC1CCCCCC1)Nc1cccc(C(F)(F)F)c1. The van der Waals surface area contributed by atoms with Crippen LogP contribution in [-0.2, 0) is 15.8 Å². The van der Waals surface area contributed by atoms with E-state index in [0.717, 1.165) is 50.7 Å². The Hall–Kier alpha value is -2.05. The van der Waals surface area contributed by atoms with Gasteiger partial charge in [-0.2, -0.15) is 13.2 Å². The molecule has 0 atom stereocenters. The lowest BCUT2D eigenvalue weighted by molar-refractivity contribution is -0.137. The number of carbonyl (C=O) groups is 2. The second kappa shape index (κ2) is 8.17. The molecule has 0 spiro atoms. The van der Waals surface area contributed by atoms with Crippen LogP contribution in [0.15, 0.2) is 24.3 Å². The van der Waals surface area contributed by atoms with Gasteiger partial charge in [-0.3, -0.25) is 9.59 Å². The molecule has 0 unspecified atom stereocenters. The molecule has 1 fully saturated rings. The molecule has 0 heterocycles. The third-order valence-electron chi connectivity index (χ3n) is 4.02. The highest BCUT2D eigenvalue weighted by Gasteiger charge is 2.30. The van der Waals surface area contributed by atoms with Crippen molar-refractivity contribution in [1.29, 1.82) is 0 Å². The van der Waals surface area contributed by atoms with Gasteiger partial charge < -0.3 is 10.6 Å². The number of alkyl halides is 3. The summed E-state index contributed by atoms with van der Waals surface area (Å²) in [6, 6.07) is 4.43. The normalized spacial score (nSPS) is 16.3. The van der Waals surface area contributed by atoms with Crippen molar-refractivity contribution in [3.8, 4) is 0 Å². The summed E-state index contributed by atoms with van der Waals surface area (Å²) in [6.07, 6.45) is 1.36. The Morgan fingerprint density at radius 3 is 2.33 bits per heavy atom. The summed E-state index contributed by atoms with van der Waals surface area (Å²) in [5.41, 5.74) is -0.819. The van der Waals surface area contributed by atoms with Crippen molar-refractivity contribution in [2.45, 2.75) is 57.2 Å². The van der Waals surface area contributed by atoms with Gasteiger partial charge >= 0.3 is 6.18 Å².